The number of nitrogens with one attached hydrogen (secondary N) is 3. The van der Waals surface area contributed by atoms with E-state index in [2.05, 4.69) is 40.1 Å². The van der Waals surface area contributed by atoms with Gasteiger partial charge in [-0.05, 0) is 48.4 Å². The van der Waals surface area contributed by atoms with E-state index in [4.69, 9.17) is 9.97 Å². The summed E-state index contributed by atoms with van der Waals surface area (Å²) in [6.45, 7) is 6.50. The Morgan fingerprint density at radius 1 is 1.16 bits per heavy atom. The van der Waals surface area contributed by atoms with Gasteiger partial charge in [0.15, 0.2) is 0 Å². The van der Waals surface area contributed by atoms with Gasteiger partial charge in [-0.25, -0.2) is 32.2 Å². The van der Waals surface area contributed by atoms with Crippen LogP contribution in [-0.4, -0.2) is 67.7 Å². The largest absolute Gasteiger partial charge is 0.350 e. The number of pyridine rings is 1. The maximum absolute atomic E-state index is 15.2. The number of anilines is 2. The summed E-state index contributed by atoms with van der Waals surface area (Å²) in [5, 5.41) is 6.30. The van der Waals surface area contributed by atoms with Crippen molar-refractivity contribution in [3.8, 4) is 11.3 Å². The SMILES string of the molecule is C=S(=O)(Nc1ccc(-c2cc(C(C)C)c3nc(N[C@@H]4CNC[C@@H](F)C4)ncc3n2)cc1F)N1CCCCC1. The molecule has 0 aliphatic carbocycles. The summed E-state index contributed by atoms with van der Waals surface area (Å²) in [6.07, 6.45) is 4.17. The van der Waals surface area contributed by atoms with Crippen molar-refractivity contribution in [3.63, 3.8) is 0 Å². The molecule has 2 aliphatic rings. The van der Waals surface area contributed by atoms with E-state index in [-0.39, 0.29) is 17.6 Å². The first-order valence-electron chi connectivity index (χ1n) is 13.2. The van der Waals surface area contributed by atoms with Crippen LogP contribution in [0.3, 0.4) is 0 Å². The zero-order valence-corrected chi connectivity index (χ0v) is 22.7. The number of benzene rings is 1. The van der Waals surface area contributed by atoms with Gasteiger partial charge in [0, 0.05) is 44.2 Å². The Bertz CT molecular complexity index is 1410. The van der Waals surface area contributed by atoms with Gasteiger partial charge < -0.3 is 10.6 Å². The minimum absolute atomic E-state index is 0.0936. The quantitative estimate of drug-likeness (QED) is 0.380. The second-order valence-electron chi connectivity index (χ2n) is 10.4. The Morgan fingerprint density at radius 3 is 2.66 bits per heavy atom. The Balaban J connectivity index is 1.41. The standard InChI is InChI=1S/C27H35F2N7OS/c1-17(2)21-13-24(33-25-16-31-27(34-26(21)25)32-20-12-19(28)14-30-15-20)18-7-8-23(22(29)11-18)35-38(3,37)36-9-5-4-6-10-36/h7-8,11,13,16-17,19-20,30H,3-6,9-10,12,14-15H2,1-2H3,(H,35,37)(H,31,32,34)/t19-,20-,38?/m0/s1. The molecule has 0 amide bonds. The van der Waals surface area contributed by atoms with Crippen LogP contribution in [0.15, 0.2) is 30.5 Å². The molecule has 1 unspecified atom stereocenters. The molecule has 3 atom stereocenters. The van der Waals surface area contributed by atoms with Gasteiger partial charge in [-0.15, -0.1) is 0 Å². The Kier molecular flexibility index (Phi) is 7.78. The van der Waals surface area contributed by atoms with Crippen molar-refractivity contribution >= 4 is 38.4 Å². The van der Waals surface area contributed by atoms with Crippen molar-refractivity contribution in [1.29, 1.82) is 0 Å². The molecule has 3 N–H and O–H groups in total. The molecule has 2 saturated heterocycles. The lowest BCUT2D eigenvalue weighted by Crippen LogP contribution is -2.44. The highest BCUT2D eigenvalue weighted by Crippen LogP contribution is 2.31. The summed E-state index contributed by atoms with van der Waals surface area (Å²) in [6, 6.07) is 6.57. The zero-order chi connectivity index (χ0) is 26.9. The van der Waals surface area contributed by atoms with Gasteiger partial charge in [0.25, 0.3) is 0 Å². The molecule has 0 saturated carbocycles. The summed E-state index contributed by atoms with van der Waals surface area (Å²) in [5.74, 6) is 3.88. The predicted octanol–water partition coefficient (Wildman–Crippen LogP) is 4.51. The third kappa shape index (κ3) is 5.89. The highest BCUT2D eigenvalue weighted by molar-refractivity contribution is 7.99. The Hall–Kier alpha value is -2.89. The summed E-state index contributed by atoms with van der Waals surface area (Å²) < 4.78 is 46.7. The van der Waals surface area contributed by atoms with Crippen LogP contribution in [0.4, 0.5) is 20.4 Å². The number of halogens is 2. The minimum atomic E-state index is -2.82. The van der Waals surface area contributed by atoms with Crippen LogP contribution in [0.1, 0.15) is 51.0 Å². The Morgan fingerprint density at radius 2 is 1.95 bits per heavy atom. The molecule has 3 aromatic rings. The molecule has 11 heteroatoms. The van der Waals surface area contributed by atoms with E-state index in [1.54, 1.807) is 22.6 Å². The predicted molar refractivity (Wildman–Crippen MR) is 151 cm³/mol. The molecule has 5 rings (SSSR count). The fourth-order valence-electron chi connectivity index (χ4n) is 5.04. The molecule has 1 aromatic carbocycles. The monoisotopic (exact) mass is 543 g/mol. The van der Waals surface area contributed by atoms with Crippen molar-refractivity contribution in [2.75, 3.05) is 36.2 Å². The van der Waals surface area contributed by atoms with Crippen molar-refractivity contribution in [2.24, 2.45) is 0 Å². The van der Waals surface area contributed by atoms with Gasteiger partial charge >= 0.3 is 0 Å². The van der Waals surface area contributed by atoms with E-state index in [0.29, 0.717) is 60.8 Å². The number of aromatic nitrogens is 3. The highest BCUT2D eigenvalue weighted by Gasteiger charge is 2.23. The van der Waals surface area contributed by atoms with Crippen molar-refractivity contribution in [2.45, 2.75) is 57.7 Å². The van der Waals surface area contributed by atoms with Crippen molar-refractivity contribution in [3.05, 3.63) is 41.8 Å². The summed E-state index contributed by atoms with van der Waals surface area (Å²) >= 11 is 0. The molecule has 4 heterocycles. The first-order valence-corrected chi connectivity index (χ1v) is 14.9. The number of hydrogen-bond acceptors (Lipinski definition) is 6. The molecule has 2 aromatic heterocycles. The zero-order valence-electron chi connectivity index (χ0n) is 21.8. The van der Waals surface area contributed by atoms with Gasteiger partial charge in [0.05, 0.1) is 23.1 Å². The summed E-state index contributed by atoms with van der Waals surface area (Å²) in [4.78, 5) is 13.8. The number of piperidine rings is 2. The third-order valence-electron chi connectivity index (χ3n) is 7.09. The van der Waals surface area contributed by atoms with Crippen LogP contribution < -0.4 is 15.4 Å². The van der Waals surface area contributed by atoms with E-state index in [9.17, 15) is 8.60 Å². The third-order valence-corrected chi connectivity index (χ3v) is 8.83. The molecule has 2 aliphatic heterocycles. The number of rotatable bonds is 7. The normalized spacial score (nSPS) is 22.3. The first-order chi connectivity index (χ1) is 18.2. The molecule has 8 nitrogen and oxygen atoms in total. The number of fused-ring (bicyclic) bond motifs is 1. The van der Waals surface area contributed by atoms with Crippen LogP contribution >= 0.6 is 0 Å². The second-order valence-corrected chi connectivity index (χ2v) is 12.4. The second kappa shape index (κ2) is 11.1. The summed E-state index contributed by atoms with van der Waals surface area (Å²) in [5.41, 5.74) is 3.59. The fraction of sp³-hybridized carbons (Fsp3) is 0.481. The van der Waals surface area contributed by atoms with Crippen LogP contribution in [0, 0.1) is 5.82 Å². The first kappa shape index (κ1) is 26.7. The number of nitrogens with zero attached hydrogens (tertiary/aromatic N) is 4. The van der Waals surface area contributed by atoms with Gasteiger partial charge in [0.1, 0.15) is 27.4 Å². The topological polar surface area (TPSA) is 95.1 Å². The summed E-state index contributed by atoms with van der Waals surface area (Å²) in [7, 11) is -2.82. The number of alkyl halides is 1. The van der Waals surface area contributed by atoms with Crippen molar-refractivity contribution < 1.29 is 13.0 Å². The van der Waals surface area contributed by atoms with E-state index < -0.39 is 21.9 Å². The molecule has 38 heavy (non-hydrogen) atoms. The lowest BCUT2D eigenvalue weighted by atomic mass is 9.99. The van der Waals surface area contributed by atoms with Gasteiger partial charge in [0.2, 0.25) is 5.95 Å². The van der Waals surface area contributed by atoms with Crippen LogP contribution in [0.5, 0.6) is 0 Å². The molecule has 0 radical (unpaired) electrons. The van der Waals surface area contributed by atoms with Crippen LogP contribution in [0.2, 0.25) is 0 Å². The number of hydrogen-bond donors (Lipinski definition) is 3. The Labute approximate surface area is 222 Å². The molecule has 0 bridgehead atoms. The molecule has 204 valence electrons. The van der Waals surface area contributed by atoms with Gasteiger partial charge in [-0.1, -0.05) is 26.3 Å². The van der Waals surface area contributed by atoms with Crippen LogP contribution in [0.25, 0.3) is 22.3 Å². The molecule has 2 fully saturated rings. The van der Waals surface area contributed by atoms with Crippen molar-refractivity contribution in [1.82, 2.24) is 24.6 Å². The fourth-order valence-corrected chi connectivity index (χ4v) is 6.53. The molecular formula is C27H35F2N7OS. The lowest BCUT2D eigenvalue weighted by Gasteiger charge is -2.30. The molecular weight excluding hydrogens is 508 g/mol. The van der Waals surface area contributed by atoms with E-state index in [1.165, 1.54) is 6.07 Å². The molecule has 0 spiro atoms. The van der Waals surface area contributed by atoms with E-state index >= 15 is 4.39 Å². The van der Waals surface area contributed by atoms with Gasteiger partial charge in [-0.3, -0.25) is 4.72 Å². The van der Waals surface area contributed by atoms with E-state index in [0.717, 1.165) is 24.8 Å². The minimum Gasteiger partial charge on any atom is -0.350 e. The maximum Gasteiger partial charge on any atom is 0.223 e. The van der Waals surface area contributed by atoms with Crippen LogP contribution in [-0.2, 0) is 9.89 Å². The maximum atomic E-state index is 15.2. The lowest BCUT2D eigenvalue weighted by molar-refractivity contribution is 0.254. The van der Waals surface area contributed by atoms with E-state index in [1.807, 2.05) is 6.07 Å². The average Bonchev–Trinajstić information content (AvgIpc) is 2.89. The van der Waals surface area contributed by atoms with Gasteiger partial charge in [-0.2, -0.15) is 0 Å². The average molecular weight is 544 g/mol. The highest BCUT2D eigenvalue weighted by atomic mass is 32.2. The smallest absolute Gasteiger partial charge is 0.223 e.